The number of pyridine rings is 1. The monoisotopic (exact) mass is 316 g/mol. The number of hydrogen-bond donors (Lipinski definition) is 2. The van der Waals surface area contributed by atoms with Crippen molar-refractivity contribution in [1.29, 1.82) is 0 Å². The van der Waals surface area contributed by atoms with Crippen LogP contribution in [0.4, 0.5) is 0 Å². The van der Waals surface area contributed by atoms with Crippen LogP contribution in [-0.4, -0.2) is 21.0 Å². The van der Waals surface area contributed by atoms with E-state index in [0.717, 1.165) is 20.1 Å². The molecule has 0 amide bonds. The van der Waals surface area contributed by atoms with Gasteiger partial charge in [0.2, 0.25) is 0 Å². The first kappa shape index (κ1) is 13.8. The van der Waals surface area contributed by atoms with Crippen molar-refractivity contribution in [3.8, 4) is 0 Å². The number of aryl methyl sites for hydroxylation is 1. The van der Waals surface area contributed by atoms with E-state index in [0.29, 0.717) is 10.6 Å². The van der Waals surface area contributed by atoms with Gasteiger partial charge in [0.1, 0.15) is 5.03 Å². The highest BCUT2D eigenvalue weighted by Crippen LogP contribution is 2.35. The van der Waals surface area contributed by atoms with E-state index >= 15 is 0 Å². The Morgan fingerprint density at radius 1 is 1.33 bits per heavy atom. The highest BCUT2D eigenvalue weighted by molar-refractivity contribution is 8.01. The number of aromatic nitrogens is 2. The molecule has 0 saturated heterocycles. The summed E-state index contributed by atoms with van der Waals surface area (Å²) in [6.45, 7) is 1.90. The summed E-state index contributed by atoms with van der Waals surface area (Å²) in [4.78, 5) is 8.89. The Balaban J connectivity index is 2.03. The number of fused-ring (bicyclic) bond motifs is 1. The van der Waals surface area contributed by atoms with Crippen molar-refractivity contribution in [1.82, 2.24) is 9.97 Å². The molecule has 0 spiro atoms. The van der Waals surface area contributed by atoms with Crippen LogP contribution in [0.1, 0.15) is 11.1 Å². The maximum atomic E-state index is 8.93. The van der Waals surface area contributed by atoms with Gasteiger partial charge < -0.3 is 10.9 Å². The Hall–Kier alpha value is -2.12. The van der Waals surface area contributed by atoms with Crippen molar-refractivity contribution in [2.45, 2.75) is 16.3 Å². The Morgan fingerprint density at radius 2 is 2.14 bits per heavy atom. The molecule has 5 nitrogen and oxygen atoms in total. The third kappa shape index (κ3) is 2.70. The number of thiazole rings is 1. The quantitative estimate of drug-likeness (QED) is 0.335. The van der Waals surface area contributed by atoms with Crippen molar-refractivity contribution in [2.75, 3.05) is 0 Å². The van der Waals surface area contributed by atoms with Gasteiger partial charge in [-0.15, -0.1) is 11.3 Å². The van der Waals surface area contributed by atoms with Crippen LogP contribution in [-0.2, 0) is 0 Å². The summed E-state index contributed by atoms with van der Waals surface area (Å²) in [6, 6.07) is 9.79. The number of oxime groups is 1. The second kappa shape index (κ2) is 5.71. The summed E-state index contributed by atoms with van der Waals surface area (Å²) in [5, 5.41) is 12.7. The molecular formula is C14H12N4OS2. The average Bonchev–Trinajstić information content (AvgIpc) is 2.89. The molecule has 1 aromatic carbocycles. The zero-order valence-corrected chi connectivity index (χ0v) is 12.8. The van der Waals surface area contributed by atoms with E-state index in [2.05, 4.69) is 15.1 Å². The number of rotatable bonds is 3. The van der Waals surface area contributed by atoms with E-state index in [4.69, 9.17) is 10.9 Å². The number of amidine groups is 1. The van der Waals surface area contributed by atoms with Crippen LogP contribution < -0.4 is 5.73 Å². The minimum absolute atomic E-state index is 0.0595. The molecule has 0 saturated carbocycles. The second-order valence-corrected chi connectivity index (χ2v) is 6.61. The number of nitrogens with two attached hydrogens (primary N) is 1. The molecular weight excluding hydrogens is 304 g/mol. The predicted octanol–water partition coefficient (Wildman–Crippen LogP) is 3.25. The normalized spacial score (nSPS) is 12.0. The van der Waals surface area contributed by atoms with Crippen molar-refractivity contribution in [3.05, 3.63) is 47.7 Å². The Kier molecular flexibility index (Phi) is 3.76. The molecule has 0 aliphatic heterocycles. The number of hydrogen-bond acceptors (Lipinski definition) is 6. The molecule has 3 aromatic rings. The maximum Gasteiger partial charge on any atom is 0.173 e. The van der Waals surface area contributed by atoms with Crippen LogP contribution in [0.15, 0.2) is 51.1 Å². The fraction of sp³-hybridized carbons (Fsp3) is 0.0714. The fourth-order valence-corrected chi connectivity index (χ4v) is 4.11. The van der Waals surface area contributed by atoms with E-state index in [1.54, 1.807) is 17.5 Å². The molecule has 0 unspecified atom stereocenters. The molecule has 3 rings (SSSR count). The van der Waals surface area contributed by atoms with Crippen LogP contribution in [0.5, 0.6) is 0 Å². The van der Waals surface area contributed by atoms with Gasteiger partial charge in [-0.2, -0.15) is 0 Å². The molecule has 106 valence electrons. The van der Waals surface area contributed by atoms with Gasteiger partial charge in [-0.25, -0.2) is 9.97 Å². The first-order valence-electron chi connectivity index (χ1n) is 6.16. The molecule has 0 atom stereocenters. The number of para-hydroxylation sites is 1. The average molecular weight is 316 g/mol. The summed E-state index contributed by atoms with van der Waals surface area (Å²) in [7, 11) is 0. The minimum Gasteiger partial charge on any atom is -0.409 e. The van der Waals surface area contributed by atoms with Crippen LogP contribution in [0.25, 0.3) is 10.2 Å². The van der Waals surface area contributed by atoms with E-state index in [9.17, 15) is 0 Å². The number of benzene rings is 1. The van der Waals surface area contributed by atoms with Crippen molar-refractivity contribution in [2.24, 2.45) is 10.9 Å². The van der Waals surface area contributed by atoms with Crippen LogP contribution >= 0.6 is 23.1 Å². The summed E-state index contributed by atoms with van der Waals surface area (Å²) in [5.41, 5.74) is 8.26. The van der Waals surface area contributed by atoms with Crippen molar-refractivity contribution in [3.63, 3.8) is 0 Å². The van der Waals surface area contributed by atoms with Crippen LogP contribution in [0.2, 0.25) is 0 Å². The third-order valence-electron chi connectivity index (χ3n) is 2.95. The van der Waals surface area contributed by atoms with E-state index < -0.39 is 0 Å². The van der Waals surface area contributed by atoms with Gasteiger partial charge in [0.05, 0.1) is 15.8 Å². The lowest BCUT2D eigenvalue weighted by Crippen LogP contribution is -2.16. The van der Waals surface area contributed by atoms with Crippen molar-refractivity contribution < 1.29 is 5.21 Å². The van der Waals surface area contributed by atoms with Crippen molar-refractivity contribution >= 4 is 39.2 Å². The largest absolute Gasteiger partial charge is 0.409 e. The molecule has 0 bridgehead atoms. The summed E-state index contributed by atoms with van der Waals surface area (Å²) in [5.74, 6) is 0.0595. The highest BCUT2D eigenvalue weighted by atomic mass is 32.2. The van der Waals surface area contributed by atoms with E-state index in [-0.39, 0.29) is 5.84 Å². The fourth-order valence-electron chi connectivity index (χ4n) is 1.95. The van der Waals surface area contributed by atoms with Gasteiger partial charge >= 0.3 is 0 Å². The Labute approximate surface area is 129 Å². The second-order valence-electron chi connectivity index (χ2n) is 4.34. The first-order chi connectivity index (χ1) is 10.2. The van der Waals surface area contributed by atoms with Crippen LogP contribution in [0.3, 0.4) is 0 Å². The molecule has 2 heterocycles. The van der Waals surface area contributed by atoms with Crippen LogP contribution in [0, 0.1) is 6.92 Å². The highest BCUT2D eigenvalue weighted by Gasteiger charge is 2.15. The standard InChI is InChI=1S/C14H12N4OS2/c1-8-6-7-16-13(11(8)12(15)18-19)21-14-17-9-4-2-3-5-10(9)20-14/h2-7,19H,1H3,(H2,15,18). The number of nitrogens with zero attached hydrogens (tertiary/aromatic N) is 3. The first-order valence-corrected chi connectivity index (χ1v) is 7.79. The lowest BCUT2D eigenvalue weighted by molar-refractivity contribution is 0.318. The molecule has 0 aliphatic rings. The molecule has 21 heavy (non-hydrogen) atoms. The van der Waals surface area contributed by atoms with Gasteiger partial charge in [-0.05, 0) is 42.4 Å². The molecule has 0 fully saturated rings. The SMILES string of the molecule is Cc1ccnc(Sc2nc3ccccc3s2)c1/C(N)=N/O. The Bertz CT molecular complexity index is 796. The van der Waals surface area contributed by atoms with Gasteiger partial charge in [-0.1, -0.05) is 17.3 Å². The van der Waals surface area contributed by atoms with E-state index in [1.807, 2.05) is 37.3 Å². The molecule has 3 N–H and O–H groups in total. The Morgan fingerprint density at radius 3 is 2.90 bits per heavy atom. The van der Waals surface area contributed by atoms with Gasteiger partial charge in [0, 0.05) is 6.20 Å². The van der Waals surface area contributed by atoms with Gasteiger partial charge in [0.15, 0.2) is 10.2 Å². The maximum absolute atomic E-state index is 8.93. The summed E-state index contributed by atoms with van der Waals surface area (Å²) >= 11 is 3.02. The lowest BCUT2D eigenvalue weighted by Gasteiger charge is -2.08. The molecule has 0 aliphatic carbocycles. The molecule has 0 radical (unpaired) electrons. The topological polar surface area (TPSA) is 84.4 Å². The zero-order chi connectivity index (χ0) is 14.8. The summed E-state index contributed by atoms with van der Waals surface area (Å²) in [6.07, 6.45) is 1.71. The molecule has 2 aromatic heterocycles. The van der Waals surface area contributed by atoms with E-state index in [1.165, 1.54) is 11.8 Å². The van der Waals surface area contributed by atoms with Gasteiger partial charge in [0.25, 0.3) is 0 Å². The summed E-state index contributed by atoms with van der Waals surface area (Å²) < 4.78 is 2.00. The molecule has 7 heteroatoms. The smallest absolute Gasteiger partial charge is 0.173 e. The lowest BCUT2D eigenvalue weighted by atomic mass is 10.1. The third-order valence-corrected chi connectivity index (χ3v) is 5.05. The van der Waals surface area contributed by atoms with Gasteiger partial charge in [-0.3, -0.25) is 0 Å². The predicted molar refractivity (Wildman–Crippen MR) is 85.2 cm³/mol. The zero-order valence-electron chi connectivity index (χ0n) is 11.1. The minimum atomic E-state index is 0.0595.